The van der Waals surface area contributed by atoms with Crippen LogP contribution in [0.5, 0.6) is 5.75 Å². The van der Waals surface area contributed by atoms with Crippen LogP contribution in [-0.4, -0.2) is 336 Å². The predicted octanol–water partition coefficient (Wildman–Crippen LogP) is -8.55. The largest absolute Gasteiger partial charge is 0.497 e. The van der Waals surface area contributed by atoms with Crippen molar-refractivity contribution in [3.05, 3.63) is 29.8 Å². The molecule has 16 unspecified atom stereocenters. The summed E-state index contributed by atoms with van der Waals surface area (Å²) in [5, 5.41) is 119. The molecular weight excluding hydrogens is 1250 g/mol. The average molecular weight is 1340 g/mol. The molecule has 3 aliphatic rings. The first-order chi connectivity index (χ1) is 44.6. The maximum Gasteiger partial charge on any atom is 0.251 e. The zero-order chi connectivity index (χ0) is 68.3. The number of benzene rings is 1. The summed E-state index contributed by atoms with van der Waals surface area (Å²) in [5.74, 6) is -2.44. The summed E-state index contributed by atoms with van der Waals surface area (Å²) in [5.41, 5.74) is -1.31. The Labute approximate surface area is 537 Å². The Kier molecular flexibility index (Phi) is 37.9. The Balaban J connectivity index is 1.30. The topological polar surface area (TPSA) is 509 Å². The Bertz CT molecular complexity index is 2240. The Morgan fingerprint density at radius 1 is 0.484 bits per heavy atom. The maximum absolute atomic E-state index is 14.0. The van der Waals surface area contributed by atoms with E-state index in [2.05, 4.69) is 37.2 Å². The van der Waals surface area contributed by atoms with Gasteiger partial charge in [-0.25, -0.2) is 0 Å². The van der Waals surface area contributed by atoms with Gasteiger partial charge >= 0.3 is 0 Å². The molecule has 3 fully saturated rings. The van der Waals surface area contributed by atoms with Gasteiger partial charge in [-0.3, -0.25) is 34.1 Å². The Hall–Kier alpha value is -5.08. The monoisotopic (exact) mass is 1340 g/mol. The molecule has 6 amide bonds. The Morgan fingerprint density at radius 2 is 0.828 bits per heavy atom. The van der Waals surface area contributed by atoms with Crippen molar-refractivity contribution in [1.82, 2.24) is 37.2 Å². The summed E-state index contributed by atoms with van der Waals surface area (Å²) < 4.78 is 73.5. The van der Waals surface area contributed by atoms with Crippen molar-refractivity contribution in [2.45, 2.75) is 144 Å². The summed E-state index contributed by atoms with van der Waals surface area (Å²) in [6, 6.07) is 2.88. The van der Waals surface area contributed by atoms with Crippen LogP contribution in [0.15, 0.2) is 24.3 Å². The van der Waals surface area contributed by atoms with Crippen LogP contribution >= 0.6 is 0 Å². The maximum atomic E-state index is 14.0. The molecule has 0 saturated carbocycles. The van der Waals surface area contributed by atoms with E-state index in [1.807, 2.05) is 0 Å². The lowest BCUT2D eigenvalue weighted by molar-refractivity contribution is -0.275. The van der Waals surface area contributed by atoms with Crippen LogP contribution in [0.25, 0.3) is 0 Å². The number of nitrogens with one attached hydrogen (secondary N) is 7. The van der Waals surface area contributed by atoms with Crippen molar-refractivity contribution in [3.63, 3.8) is 0 Å². The fourth-order valence-corrected chi connectivity index (χ4v) is 9.52. The van der Waals surface area contributed by atoms with Gasteiger partial charge in [0.1, 0.15) is 84.5 Å². The second-order valence-corrected chi connectivity index (χ2v) is 21.8. The number of aliphatic hydroxyl groups is 10. The summed E-state index contributed by atoms with van der Waals surface area (Å²) in [6.07, 6.45) is -17.4. The van der Waals surface area contributed by atoms with Crippen LogP contribution in [0.1, 0.15) is 50.4 Å². The highest BCUT2D eigenvalue weighted by atomic mass is 16.7. The van der Waals surface area contributed by atoms with Gasteiger partial charge in [-0.1, -0.05) is 0 Å². The number of amides is 6. The molecule has 0 bridgehead atoms. The number of methoxy groups -OCH3 is 1. The van der Waals surface area contributed by atoms with Crippen molar-refractivity contribution in [1.29, 1.82) is 0 Å². The van der Waals surface area contributed by atoms with E-state index in [1.165, 1.54) is 40.0 Å². The summed E-state index contributed by atoms with van der Waals surface area (Å²) in [4.78, 5) is 76.2. The van der Waals surface area contributed by atoms with Crippen LogP contribution in [0.2, 0.25) is 0 Å². The molecule has 0 spiro atoms. The number of carbonyl (C=O) groups excluding carboxylic acids is 6. The smallest absolute Gasteiger partial charge is 0.251 e. The predicted molar refractivity (Wildman–Crippen MR) is 316 cm³/mol. The van der Waals surface area contributed by atoms with Crippen LogP contribution in [0.3, 0.4) is 0 Å². The molecule has 0 aromatic heterocycles. The van der Waals surface area contributed by atoms with E-state index in [0.29, 0.717) is 5.75 Å². The van der Waals surface area contributed by atoms with Gasteiger partial charge in [-0.15, -0.1) is 0 Å². The molecule has 0 aliphatic carbocycles. The summed E-state index contributed by atoms with van der Waals surface area (Å²) in [7, 11) is 1.46. The van der Waals surface area contributed by atoms with Gasteiger partial charge in [0.15, 0.2) is 18.9 Å². The minimum Gasteiger partial charge on any atom is -0.497 e. The zero-order valence-electron chi connectivity index (χ0n) is 52.7. The third kappa shape index (κ3) is 28.6. The fourth-order valence-electron chi connectivity index (χ4n) is 9.52. The number of rotatable bonds is 46. The van der Waals surface area contributed by atoms with E-state index >= 15 is 0 Å². The SMILES string of the molecule is COc1ccc(C(=O)NC(COCCC(=O)NCCOCCOC2OC(CO)C(O)C(O)C2NC(C)=O)(COCCC(=O)NCCOCCOC2OC(CO)C(O)C(O)C2NC(C)=O)COCCC(=O)NCCOCCOC2OC(CO)C(O)C(O)C2NC(C)O)cc1. The standard InChI is InChI=1S/C57H97N7O29/c1-33(68)61-44-50(77)47(74)38(27-65)91-54(44)88-24-21-82-18-12-58-41(71)9-15-85-30-57(64-53(80)36-5-7-37(81-4)8-6-36,31-86-16-10-42(72)59-13-19-83-22-25-89-55-45(62-34(2)69)51(78)48(75)39(28-66)92-55)32-87-17-11-43(73)60-14-20-84-23-26-90-56-46(63-35(3)70)52(79)49(76)40(29-67)93-56/h5-8,33,38-40,44-52,54-56,61,65-68,74-79H,9-32H2,1-4H3,(H,58,71)(H,59,72)(H,60,73)(H,62,69)(H,63,70)(H,64,80). The third-order valence-corrected chi connectivity index (χ3v) is 14.3. The van der Waals surface area contributed by atoms with Gasteiger partial charge in [0, 0.05) is 58.3 Å². The fraction of sp³-hybridized carbons (Fsp3) is 0.789. The average Bonchev–Trinajstić information content (AvgIpc) is 0.972. The quantitative estimate of drug-likeness (QED) is 0.0213. The van der Waals surface area contributed by atoms with Crippen LogP contribution < -0.4 is 42.0 Å². The molecule has 534 valence electrons. The lowest BCUT2D eigenvalue weighted by atomic mass is 9.97. The van der Waals surface area contributed by atoms with Crippen LogP contribution in [0, 0.1) is 0 Å². The van der Waals surface area contributed by atoms with Crippen molar-refractivity contribution < 1.29 is 141 Å². The number of hydrogen-bond donors (Lipinski definition) is 17. The number of carbonyl (C=O) groups is 6. The molecule has 36 heteroatoms. The van der Waals surface area contributed by atoms with E-state index in [4.69, 9.17) is 61.6 Å². The third-order valence-electron chi connectivity index (χ3n) is 14.3. The van der Waals surface area contributed by atoms with Crippen molar-refractivity contribution in [3.8, 4) is 5.75 Å². The molecule has 1 aromatic rings. The van der Waals surface area contributed by atoms with E-state index in [1.54, 1.807) is 12.1 Å². The second kappa shape index (κ2) is 43.9. The van der Waals surface area contributed by atoms with Crippen LogP contribution in [0.4, 0.5) is 0 Å². The molecule has 1 aromatic carbocycles. The van der Waals surface area contributed by atoms with Gasteiger partial charge < -0.3 is 145 Å². The molecule has 4 rings (SSSR count). The lowest BCUT2D eigenvalue weighted by Crippen LogP contribution is -2.65. The number of ether oxygens (including phenoxy) is 13. The zero-order valence-corrected chi connectivity index (χ0v) is 52.7. The van der Waals surface area contributed by atoms with Gasteiger partial charge in [0.2, 0.25) is 29.5 Å². The molecule has 17 N–H and O–H groups in total. The van der Waals surface area contributed by atoms with Gasteiger partial charge in [-0.05, 0) is 31.2 Å². The molecule has 0 radical (unpaired) electrons. The minimum absolute atomic E-state index is 0.00635. The van der Waals surface area contributed by atoms with Crippen LogP contribution in [-0.2, 0) is 80.8 Å². The molecule has 3 heterocycles. The molecule has 3 aliphatic heterocycles. The number of aliphatic hydroxyl groups excluding tert-OH is 10. The van der Waals surface area contributed by atoms with E-state index < -0.39 is 159 Å². The highest BCUT2D eigenvalue weighted by Crippen LogP contribution is 2.25. The summed E-state index contributed by atoms with van der Waals surface area (Å²) in [6.45, 7) is 0.661. The van der Waals surface area contributed by atoms with E-state index in [0.717, 1.165) is 0 Å². The van der Waals surface area contributed by atoms with Crippen molar-refractivity contribution in [2.75, 3.05) is 146 Å². The van der Waals surface area contributed by atoms with Gasteiger partial charge in [0.25, 0.3) is 5.91 Å². The first kappa shape index (κ1) is 80.4. The van der Waals surface area contributed by atoms with E-state index in [-0.39, 0.29) is 144 Å². The molecular formula is C57H97N7O29. The minimum atomic E-state index is -1.52. The highest BCUT2D eigenvalue weighted by molar-refractivity contribution is 5.95. The van der Waals surface area contributed by atoms with Crippen molar-refractivity contribution in [2.24, 2.45) is 0 Å². The second-order valence-electron chi connectivity index (χ2n) is 21.8. The van der Waals surface area contributed by atoms with Gasteiger partial charge in [-0.2, -0.15) is 0 Å². The number of hydrogen-bond acceptors (Lipinski definition) is 30. The molecule has 3 saturated heterocycles. The van der Waals surface area contributed by atoms with E-state index in [9.17, 15) is 79.8 Å². The normalized spacial score (nSPS) is 27.3. The Morgan fingerprint density at radius 3 is 1.15 bits per heavy atom. The highest BCUT2D eigenvalue weighted by Gasteiger charge is 2.48. The first-order valence-corrected chi connectivity index (χ1v) is 30.5. The molecule has 16 atom stereocenters. The first-order valence-electron chi connectivity index (χ1n) is 30.5. The summed E-state index contributed by atoms with van der Waals surface area (Å²) >= 11 is 0. The van der Waals surface area contributed by atoms with Gasteiger partial charge in [0.05, 0.1) is 132 Å². The molecule has 36 nitrogen and oxygen atoms in total. The lowest BCUT2D eigenvalue weighted by Gasteiger charge is -2.42. The van der Waals surface area contributed by atoms with Crippen molar-refractivity contribution >= 4 is 35.4 Å². The molecule has 93 heavy (non-hydrogen) atoms.